The summed E-state index contributed by atoms with van der Waals surface area (Å²) >= 11 is 0. The Morgan fingerprint density at radius 2 is 1.64 bits per heavy atom. The number of morpholine rings is 1. The Morgan fingerprint density at radius 3 is 2.25 bits per heavy atom. The van der Waals surface area contributed by atoms with Gasteiger partial charge in [0.15, 0.2) is 28.5 Å². The Hall–Kier alpha value is -4.04. The van der Waals surface area contributed by atoms with Crippen molar-refractivity contribution < 1.29 is 13.9 Å². The molecule has 1 aliphatic heterocycles. The molecule has 1 fully saturated rings. The molecule has 8 heteroatoms. The minimum Gasteiger partial charge on any atom is -0.372 e. The van der Waals surface area contributed by atoms with Gasteiger partial charge < -0.3 is 15.0 Å². The first kappa shape index (κ1) is 23.7. The minimum absolute atomic E-state index is 0.0376. The third-order valence-electron chi connectivity index (χ3n) is 6.20. The largest absolute Gasteiger partial charge is 0.372 e. The molecule has 0 bridgehead atoms. The molecule has 7 nitrogen and oxygen atoms in total. The normalized spacial score (nSPS) is 17.8. The maximum Gasteiger partial charge on any atom is 0.194 e. The van der Waals surface area contributed by atoms with Crippen molar-refractivity contribution >= 4 is 34.1 Å². The number of Topliss-reactive ketones (excluding diaryl/α,β-unsaturated/α-hetero) is 1. The maximum atomic E-state index is 15.9. The van der Waals surface area contributed by atoms with Crippen molar-refractivity contribution in [2.24, 2.45) is 0 Å². The minimum atomic E-state index is -0.781. The molecular weight excluding hydrogens is 459 g/mol. The summed E-state index contributed by atoms with van der Waals surface area (Å²) in [6, 6.07) is 20.2. The van der Waals surface area contributed by atoms with Gasteiger partial charge in [-0.1, -0.05) is 36.4 Å². The Kier molecular flexibility index (Phi) is 6.28. The Labute approximate surface area is 208 Å². The van der Waals surface area contributed by atoms with Crippen LogP contribution in [-0.2, 0) is 4.74 Å². The van der Waals surface area contributed by atoms with Crippen LogP contribution in [0.5, 0.6) is 0 Å². The SMILES string of the molecule is CC(=O)c1c(F)c(N2C[C@@H](C)O[C@@H](C)C2)nc2c1c(=O)cc(Nc1ccccc1)n2-c1ccccc1. The predicted molar refractivity (Wildman–Crippen MR) is 139 cm³/mol. The lowest BCUT2D eigenvalue weighted by molar-refractivity contribution is -0.00563. The molecule has 1 aliphatic rings. The van der Waals surface area contributed by atoms with Crippen LogP contribution in [0.1, 0.15) is 31.1 Å². The number of nitrogens with zero attached hydrogens (tertiary/aromatic N) is 3. The lowest BCUT2D eigenvalue weighted by Crippen LogP contribution is -2.46. The van der Waals surface area contributed by atoms with Crippen molar-refractivity contribution in [1.29, 1.82) is 0 Å². The van der Waals surface area contributed by atoms with E-state index in [2.05, 4.69) is 5.32 Å². The molecule has 184 valence electrons. The van der Waals surface area contributed by atoms with Gasteiger partial charge in [-0.25, -0.2) is 9.37 Å². The van der Waals surface area contributed by atoms with Gasteiger partial charge in [-0.3, -0.25) is 14.2 Å². The van der Waals surface area contributed by atoms with Crippen molar-refractivity contribution in [3.05, 3.63) is 88.3 Å². The van der Waals surface area contributed by atoms with E-state index in [0.29, 0.717) is 24.6 Å². The molecular formula is C28H27FN4O3. The zero-order chi connectivity index (χ0) is 25.4. The van der Waals surface area contributed by atoms with E-state index in [1.54, 1.807) is 9.47 Å². The van der Waals surface area contributed by atoms with Crippen LogP contribution in [0, 0.1) is 5.82 Å². The highest BCUT2D eigenvalue weighted by Crippen LogP contribution is 2.32. The molecule has 2 aromatic carbocycles. The third-order valence-corrected chi connectivity index (χ3v) is 6.20. The third kappa shape index (κ3) is 4.35. The first-order chi connectivity index (χ1) is 17.3. The number of anilines is 3. The lowest BCUT2D eigenvalue weighted by atomic mass is 10.1. The van der Waals surface area contributed by atoms with E-state index in [-0.39, 0.29) is 34.6 Å². The summed E-state index contributed by atoms with van der Waals surface area (Å²) in [7, 11) is 0. The molecule has 0 radical (unpaired) electrons. The van der Waals surface area contributed by atoms with Gasteiger partial charge >= 0.3 is 0 Å². The number of ether oxygens (including phenoxy) is 1. The zero-order valence-corrected chi connectivity index (χ0v) is 20.4. The number of carbonyl (C=O) groups excluding carboxylic acids is 1. The van der Waals surface area contributed by atoms with Crippen LogP contribution in [0.4, 0.5) is 21.7 Å². The van der Waals surface area contributed by atoms with Gasteiger partial charge in [0.25, 0.3) is 0 Å². The summed E-state index contributed by atoms with van der Waals surface area (Å²) in [5, 5.41) is 3.25. The molecule has 0 spiro atoms. The average molecular weight is 487 g/mol. The van der Waals surface area contributed by atoms with Gasteiger partial charge in [-0.05, 0) is 45.0 Å². The van der Waals surface area contributed by atoms with Crippen molar-refractivity contribution in [2.45, 2.75) is 33.0 Å². The van der Waals surface area contributed by atoms with E-state index in [1.165, 1.54) is 13.0 Å². The second kappa shape index (κ2) is 9.54. The quantitative estimate of drug-likeness (QED) is 0.396. The Bertz CT molecular complexity index is 1480. The van der Waals surface area contributed by atoms with Gasteiger partial charge in [0.05, 0.1) is 23.2 Å². The molecule has 1 N–H and O–H groups in total. The number of carbonyl (C=O) groups is 1. The van der Waals surface area contributed by atoms with E-state index >= 15 is 4.39 Å². The topological polar surface area (TPSA) is 76.5 Å². The second-order valence-corrected chi connectivity index (χ2v) is 9.10. The standard InChI is InChI=1S/C28H27FN4O3/c1-17-15-32(16-18(2)36-17)28-26(29)24(19(3)34)25-22(35)14-23(30-20-10-6-4-7-11-20)33(27(25)31-28)21-12-8-5-9-13-21/h4-14,17-18,30H,15-16H2,1-3H3/t17-,18+. The highest BCUT2D eigenvalue weighted by molar-refractivity contribution is 6.07. The molecule has 0 saturated carbocycles. The molecule has 0 unspecified atom stereocenters. The number of rotatable bonds is 5. The smallest absolute Gasteiger partial charge is 0.194 e. The highest BCUT2D eigenvalue weighted by Gasteiger charge is 2.30. The van der Waals surface area contributed by atoms with Gasteiger partial charge in [0.1, 0.15) is 5.82 Å². The number of halogens is 1. The van der Waals surface area contributed by atoms with Gasteiger partial charge in [-0.15, -0.1) is 0 Å². The summed E-state index contributed by atoms with van der Waals surface area (Å²) in [5.41, 5.74) is 0.959. The van der Waals surface area contributed by atoms with Crippen molar-refractivity contribution in [3.63, 3.8) is 0 Å². The van der Waals surface area contributed by atoms with Gasteiger partial charge in [0, 0.05) is 30.5 Å². The first-order valence-electron chi connectivity index (χ1n) is 11.9. The summed E-state index contributed by atoms with van der Waals surface area (Å²) in [6.45, 7) is 5.92. The van der Waals surface area contributed by atoms with Crippen LogP contribution in [-0.4, -0.2) is 40.6 Å². The number of para-hydroxylation sites is 2. The molecule has 36 heavy (non-hydrogen) atoms. The van der Waals surface area contributed by atoms with Crippen LogP contribution in [0.15, 0.2) is 71.5 Å². The zero-order valence-electron chi connectivity index (χ0n) is 20.4. The van der Waals surface area contributed by atoms with Crippen molar-refractivity contribution in [2.75, 3.05) is 23.3 Å². The monoisotopic (exact) mass is 486 g/mol. The summed E-state index contributed by atoms with van der Waals surface area (Å²) in [5.74, 6) is -0.823. The van der Waals surface area contributed by atoms with Crippen molar-refractivity contribution in [3.8, 4) is 5.69 Å². The number of benzene rings is 2. The van der Waals surface area contributed by atoms with E-state index in [9.17, 15) is 9.59 Å². The van der Waals surface area contributed by atoms with Crippen LogP contribution < -0.4 is 15.6 Å². The maximum absolute atomic E-state index is 15.9. The lowest BCUT2D eigenvalue weighted by Gasteiger charge is -2.36. The summed E-state index contributed by atoms with van der Waals surface area (Å²) in [6.07, 6.45) is -0.289. The molecule has 1 saturated heterocycles. The van der Waals surface area contributed by atoms with E-state index < -0.39 is 17.0 Å². The van der Waals surface area contributed by atoms with E-state index in [1.807, 2.05) is 74.5 Å². The molecule has 4 aromatic rings. The van der Waals surface area contributed by atoms with Gasteiger partial charge in [-0.2, -0.15) is 0 Å². The van der Waals surface area contributed by atoms with Crippen LogP contribution in [0.2, 0.25) is 0 Å². The summed E-state index contributed by atoms with van der Waals surface area (Å²) in [4.78, 5) is 32.6. The number of pyridine rings is 2. The molecule has 3 heterocycles. The molecule has 2 atom stereocenters. The van der Waals surface area contributed by atoms with E-state index in [4.69, 9.17) is 9.72 Å². The summed E-state index contributed by atoms with van der Waals surface area (Å²) < 4.78 is 23.5. The number of hydrogen-bond acceptors (Lipinski definition) is 6. The number of ketones is 1. The number of hydrogen-bond donors (Lipinski definition) is 1. The number of aromatic nitrogens is 2. The fraction of sp³-hybridized carbons (Fsp3) is 0.250. The van der Waals surface area contributed by atoms with Crippen molar-refractivity contribution in [1.82, 2.24) is 9.55 Å². The van der Waals surface area contributed by atoms with Crippen LogP contribution >= 0.6 is 0 Å². The van der Waals surface area contributed by atoms with Gasteiger partial charge in [0.2, 0.25) is 0 Å². The van der Waals surface area contributed by atoms with E-state index in [0.717, 1.165) is 5.69 Å². The first-order valence-corrected chi connectivity index (χ1v) is 11.9. The molecule has 0 aliphatic carbocycles. The van der Waals surface area contributed by atoms with Crippen LogP contribution in [0.3, 0.4) is 0 Å². The molecule has 0 amide bonds. The molecule has 5 rings (SSSR count). The second-order valence-electron chi connectivity index (χ2n) is 9.10. The fourth-order valence-electron chi connectivity index (χ4n) is 4.80. The van der Waals surface area contributed by atoms with Crippen LogP contribution in [0.25, 0.3) is 16.7 Å². The fourth-order valence-corrected chi connectivity index (χ4v) is 4.80. The number of fused-ring (bicyclic) bond motifs is 1. The predicted octanol–water partition coefficient (Wildman–Crippen LogP) is 5.08. The number of nitrogens with one attached hydrogen (secondary N) is 1. The Balaban J connectivity index is 1.85. The highest BCUT2D eigenvalue weighted by atomic mass is 19.1. The Morgan fingerprint density at radius 1 is 1.03 bits per heavy atom. The average Bonchev–Trinajstić information content (AvgIpc) is 2.84. The molecule has 2 aromatic heterocycles.